The average Bonchev–Trinajstić information content (AvgIpc) is 3.15. The van der Waals surface area contributed by atoms with Crippen LogP contribution in [0.25, 0.3) is 5.52 Å². The molecule has 0 saturated carbocycles. The molecule has 0 aliphatic carbocycles. The summed E-state index contributed by atoms with van der Waals surface area (Å²) in [7, 11) is 0. The minimum atomic E-state index is -0.964. The van der Waals surface area contributed by atoms with E-state index in [9.17, 15) is 19.2 Å². The fourth-order valence-corrected chi connectivity index (χ4v) is 2.58. The zero-order valence-corrected chi connectivity index (χ0v) is 18.7. The summed E-state index contributed by atoms with van der Waals surface area (Å²) >= 11 is 0. The van der Waals surface area contributed by atoms with E-state index in [0.717, 1.165) is 5.01 Å². The Morgan fingerprint density at radius 3 is 1.88 bits per heavy atom. The highest BCUT2D eigenvalue weighted by Gasteiger charge is 2.31. The Morgan fingerprint density at radius 1 is 0.818 bits per heavy atom. The average molecular weight is 466 g/mol. The quantitative estimate of drug-likeness (QED) is 0.483. The summed E-state index contributed by atoms with van der Waals surface area (Å²) in [5, 5.41) is 1.44. The molecule has 2 aromatic heterocycles. The summed E-state index contributed by atoms with van der Waals surface area (Å²) < 4.78 is 21.1. The third-order valence-electron chi connectivity index (χ3n) is 3.78. The van der Waals surface area contributed by atoms with Crippen molar-refractivity contribution in [2.24, 2.45) is 0 Å². The molecular formula is C19H26N6O8. The van der Waals surface area contributed by atoms with Crippen molar-refractivity contribution in [2.45, 2.75) is 27.7 Å². The third kappa shape index (κ3) is 6.15. The monoisotopic (exact) mass is 466 g/mol. The van der Waals surface area contributed by atoms with Gasteiger partial charge in [0.25, 0.3) is 0 Å². The maximum absolute atomic E-state index is 12.6. The molecule has 33 heavy (non-hydrogen) atoms. The van der Waals surface area contributed by atoms with Gasteiger partial charge in [0.1, 0.15) is 0 Å². The SMILES string of the molecule is CCOC(=O)NN(C(=O)OCC)c1nc(N(NC(=O)OCC)C(=O)OCC)n2ccccc12. The van der Waals surface area contributed by atoms with Crippen LogP contribution in [0.15, 0.2) is 24.4 Å². The Labute approximate surface area is 189 Å². The normalized spacial score (nSPS) is 10.2. The lowest BCUT2D eigenvalue weighted by Gasteiger charge is -2.20. The Kier molecular flexibility index (Phi) is 9.08. The summed E-state index contributed by atoms with van der Waals surface area (Å²) in [6.45, 7) is 6.48. The van der Waals surface area contributed by atoms with Gasteiger partial charge in [0.2, 0.25) is 5.95 Å². The highest BCUT2D eigenvalue weighted by atomic mass is 16.6. The molecule has 4 amide bonds. The van der Waals surface area contributed by atoms with Gasteiger partial charge in [-0.1, -0.05) is 6.07 Å². The summed E-state index contributed by atoms with van der Waals surface area (Å²) in [4.78, 5) is 53.6. The number of hydrogen-bond donors (Lipinski definition) is 2. The molecule has 0 aromatic carbocycles. The second-order valence-electron chi connectivity index (χ2n) is 5.92. The molecule has 2 heterocycles. The van der Waals surface area contributed by atoms with Gasteiger partial charge in [-0.05, 0) is 39.8 Å². The number of ether oxygens (including phenoxy) is 4. The minimum Gasteiger partial charge on any atom is -0.449 e. The van der Waals surface area contributed by atoms with E-state index in [4.69, 9.17) is 18.9 Å². The fraction of sp³-hybridized carbons (Fsp3) is 0.421. The first-order valence-corrected chi connectivity index (χ1v) is 10.1. The predicted octanol–water partition coefficient (Wildman–Crippen LogP) is 2.58. The van der Waals surface area contributed by atoms with Crippen LogP contribution in [0.3, 0.4) is 0 Å². The Hall–Kier alpha value is -4.23. The number of rotatable bonds is 6. The third-order valence-corrected chi connectivity index (χ3v) is 3.78. The van der Waals surface area contributed by atoms with E-state index in [1.165, 1.54) is 10.6 Å². The maximum atomic E-state index is 12.6. The number of nitrogens with zero attached hydrogens (tertiary/aromatic N) is 4. The number of amides is 4. The summed E-state index contributed by atoms with van der Waals surface area (Å²) in [6.07, 6.45) is -2.27. The second kappa shape index (κ2) is 12.0. The minimum absolute atomic E-state index is 0.00929. The molecular weight excluding hydrogens is 440 g/mol. The largest absolute Gasteiger partial charge is 0.449 e. The second-order valence-corrected chi connectivity index (χ2v) is 5.92. The van der Waals surface area contributed by atoms with Gasteiger partial charge >= 0.3 is 24.4 Å². The number of carbonyl (C=O) groups is 4. The van der Waals surface area contributed by atoms with Gasteiger partial charge in [-0.2, -0.15) is 9.99 Å². The van der Waals surface area contributed by atoms with Crippen LogP contribution in [0, 0.1) is 0 Å². The molecule has 0 unspecified atom stereocenters. The van der Waals surface area contributed by atoms with Crippen LogP contribution in [-0.2, 0) is 18.9 Å². The van der Waals surface area contributed by atoms with Crippen LogP contribution in [0.4, 0.5) is 30.9 Å². The molecule has 0 aliphatic rings. The van der Waals surface area contributed by atoms with Crippen molar-refractivity contribution in [3.8, 4) is 0 Å². The molecule has 0 aliphatic heterocycles. The van der Waals surface area contributed by atoms with Crippen molar-refractivity contribution in [1.82, 2.24) is 20.2 Å². The number of nitrogens with one attached hydrogen (secondary N) is 2. The van der Waals surface area contributed by atoms with E-state index in [1.54, 1.807) is 45.9 Å². The maximum Gasteiger partial charge on any atom is 0.436 e. The van der Waals surface area contributed by atoms with Gasteiger partial charge in [-0.25, -0.2) is 30.0 Å². The number of hydrogen-bond acceptors (Lipinski definition) is 9. The molecule has 0 saturated heterocycles. The number of hydrazine groups is 2. The van der Waals surface area contributed by atoms with E-state index in [2.05, 4.69) is 15.8 Å². The van der Waals surface area contributed by atoms with Crippen molar-refractivity contribution in [1.29, 1.82) is 0 Å². The molecule has 2 N–H and O–H groups in total. The van der Waals surface area contributed by atoms with Crippen LogP contribution >= 0.6 is 0 Å². The lowest BCUT2D eigenvalue weighted by Crippen LogP contribution is -2.48. The van der Waals surface area contributed by atoms with Gasteiger partial charge in [0, 0.05) is 6.20 Å². The number of carbonyl (C=O) groups excluding carboxylic acids is 4. The molecule has 14 nitrogen and oxygen atoms in total. The Bertz CT molecular complexity index is 918. The van der Waals surface area contributed by atoms with E-state index >= 15 is 0 Å². The zero-order chi connectivity index (χ0) is 24.4. The highest BCUT2D eigenvalue weighted by molar-refractivity contribution is 5.96. The summed E-state index contributed by atoms with van der Waals surface area (Å²) in [5.41, 5.74) is 4.78. The van der Waals surface area contributed by atoms with Gasteiger partial charge in [0.05, 0.1) is 31.9 Å². The van der Waals surface area contributed by atoms with Crippen LogP contribution in [0.2, 0.25) is 0 Å². The van der Waals surface area contributed by atoms with Crippen LogP contribution < -0.4 is 20.9 Å². The molecule has 0 bridgehead atoms. The number of fused-ring (bicyclic) bond motifs is 1. The molecule has 2 aromatic rings. The van der Waals surface area contributed by atoms with Crippen molar-refractivity contribution >= 4 is 41.7 Å². The van der Waals surface area contributed by atoms with Crippen molar-refractivity contribution in [3.05, 3.63) is 24.4 Å². The first-order chi connectivity index (χ1) is 15.9. The van der Waals surface area contributed by atoms with Crippen molar-refractivity contribution in [3.63, 3.8) is 0 Å². The van der Waals surface area contributed by atoms with E-state index < -0.39 is 24.4 Å². The first kappa shape index (κ1) is 25.0. The van der Waals surface area contributed by atoms with E-state index in [0.29, 0.717) is 5.01 Å². The lowest BCUT2D eigenvalue weighted by molar-refractivity contribution is 0.138. The molecule has 0 radical (unpaired) electrons. The van der Waals surface area contributed by atoms with Crippen LogP contribution in [0.1, 0.15) is 27.7 Å². The first-order valence-electron chi connectivity index (χ1n) is 10.1. The molecule has 0 fully saturated rings. The Balaban J connectivity index is 2.62. The molecule has 0 atom stereocenters. The summed E-state index contributed by atoms with van der Waals surface area (Å²) in [5.74, 6) is -0.274. The highest BCUT2D eigenvalue weighted by Crippen LogP contribution is 2.27. The van der Waals surface area contributed by atoms with Gasteiger partial charge < -0.3 is 18.9 Å². The standard InChI is InChI=1S/C19H26N6O8/c1-5-30-16(26)21-24(18(28)32-7-3)14-13-11-9-10-12-23(13)15(20-14)25(19(29)33-8-4)22-17(27)31-6-2/h9-12H,5-8H2,1-4H3,(H,21,26)(H,22,27). The van der Waals surface area contributed by atoms with E-state index in [-0.39, 0.29) is 43.7 Å². The fourth-order valence-electron chi connectivity index (χ4n) is 2.58. The number of pyridine rings is 1. The van der Waals surface area contributed by atoms with Gasteiger partial charge in [0.15, 0.2) is 5.82 Å². The topological polar surface area (TPSA) is 153 Å². The molecule has 14 heteroatoms. The van der Waals surface area contributed by atoms with E-state index in [1.807, 2.05) is 0 Å². The lowest BCUT2D eigenvalue weighted by atomic mass is 10.4. The smallest absolute Gasteiger partial charge is 0.436 e. The molecule has 2 rings (SSSR count). The van der Waals surface area contributed by atoms with Gasteiger partial charge in [-0.15, -0.1) is 5.01 Å². The van der Waals surface area contributed by atoms with Crippen molar-refractivity contribution in [2.75, 3.05) is 36.4 Å². The number of aromatic nitrogens is 2. The Morgan fingerprint density at radius 2 is 1.33 bits per heavy atom. The molecule has 180 valence electrons. The number of imidazole rings is 1. The number of anilines is 2. The zero-order valence-electron chi connectivity index (χ0n) is 18.7. The van der Waals surface area contributed by atoms with Gasteiger partial charge in [-0.3, -0.25) is 4.40 Å². The van der Waals surface area contributed by atoms with Crippen LogP contribution in [-0.4, -0.2) is 60.2 Å². The summed E-state index contributed by atoms with van der Waals surface area (Å²) in [6, 6.07) is 4.84. The van der Waals surface area contributed by atoms with Crippen LogP contribution in [0.5, 0.6) is 0 Å². The predicted molar refractivity (Wildman–Crippen MR) is 115 cm³/mol. The van der Waals surface area contributed by atoms with Crippen molar-refractivity contribution < 1.29 is 38.1 Å². The molecule has 0 spiro atoms.